The number of fused-ring (bicyclic) bond motifs is 1. The highest BCUT2D eigenvalue weighted by atomic mass is 32.2. The molecule has 44 heavy (non-hydrogen) atoms. The lowest BCUT2D eigenvalue weighted by molar-refractivity contribution is -0.155. The van der Waals surface area contributed by atoms with Crippen LogP contribution in [0.25, 0.3) is 0 Å². The van der Waals surface area contributed by atoms with Crippen molar-refractivity contribution in [3.63, 3.8) is 0 Å². The molecule has 0 unspecified atom stereocenters. The molecule has 1 N–H and O–H groups in total. The van der Waals surface area contributed by atoms with Gasteiger partial charge in [0, 0.05) is 5.75 Å². The summed E-state index contributed by atoms with van der Waals surface area (Å²) < 4.78 is 14.2. The van der Waals surface area contributed by atoms with Crippen LogP contribution in [0.1, 0.15) is 41.7 Å². The summed E-state index contributed by atoms with van der Waals surface area (Å²) >= 11 is 1.71. The average Bonchev–Trinajstić information content (AvgIpc) is 3.36. The summed E-state index contributed by atoms with van der Waals surface area (Å²) in [6.07, 6.45) is -0.939. The Morgan fingerprint density at radius 1 is 0.568 bits per heavy atom. The van der Waals surface area contributed by atoms with Gasteiger partial charge in [0.15, 0.2) is 11.0 Å². The van der Waals surface area contributed by atoms with Crippen molar-refractivity contribution in [2.75, 3.05) is 0 Å². The average molecular weight is 597 g/mol. The summed E-state index contributed by atoms with van der Waals surface area (Å²) in [6.45, 7) is 4.02. The second-order valence-corrected chi connectivity index (χ2v) is 12.8. The normalized spacial score (nSPS) is 21.4. The molecule has 0 amide bonds. The topological polar surface area (TPSA) is 42.9 Å². The molecule has 5 aromatic carbocycles. The van der Waals surface area contributed by atoms with E-state index in [9.17, 15) is 0 Å². The number of aliphatic imine (C=N–C) groups is 1. The molecule has 5 aromatic rings. The summed E-state index contributed by atoms with van der Waals surface area (Å²) in [5.41, 5.74) is 3.81. The minimum absolute atomic E-state index is 0.457. The molecule has 0 spiro atoms. The van der Waals surface area contributed by atoms with Crippen molar-refractivity contribution in [3.8, 4) is 0 Å². The van der Waals surface area contributed by atoms with Gasteiger partial charge in [-0.25, -0.2) is 4.99 Å². The number of rotatable bonds is 6. The fourth-order valence-electron chi connectivity index (χ4n) is 6.72. The molecule has 2 heterocycles. The van der Waals surface area contributed by atoms with E-state index >= 15 is 0 Å². The van der Waals surface area contributed by atoms with Crippen LogP contribution in [0, 0.1) is 0 Å². The highest BCUT2D eigenvalue weighted by Gasteiger charge is 2.64. The van der Waals surface area contributed by atoms with Crippen molar-refractivity contribution < 1.29 is 9.47 Å². The molecule has 0 bridgehead atoms. The van der Waals surface area contributed by atoms with Gasteiger partial charge in [0.1, 0.15) is 23.3 Å². The Hall–Kier alpha value is -4.16. The van der Waals surface area contributed by atoms with Gasteiger partial charge in [-0.15, -0.1) is 0 Å². The number of benzene rings is 5. The van der Waals surface area contributed by atoms with Crippen LogP contribution in [-0.2, 0) is 26.3 Å². The van der Waals surface area contributed by atoms with Crippen molar-refractivity contribution in [3.05, 3.63) is 179 Å². The van der Waals surface area contributed by atoms with Crippen LogP contribution in [0.15, 0.2) is 157 Å². The van der Waals surface area contributed by atoms with E-state index in [1.54, 1.807) is 11.8 Å². The zero-order valence-corrected chi connectivity index (χ0v) is 25.8. The van der Waals surface area contributed by atoms with Gasteiger partial charge < -0.3 is 14.8 Å². The van der Waals surface area contributed by atoms with Gasteiger partial charge in [0.25, 0.3) is 0 Å². The quantitative estimate of drug-likeness (QED) is 0.214. The lowest BCUT2D eigenvalue weighted by Crippen LogP contribution is -2.58. The van der Waals surface area contributed by atoms with Crippen LogP contribution < -0.4 is 5.32 Å². The number of hydrogen-bond donors (Lipinski definition) is 1. The second-order valence-electron chi connectivity index (χ2n) is 11.8. The number of thioether (sulfide) groups is 1. The summed E-state index contributed by atoms with van der Waals surface area (Å²) in [4.78, 5) is 5.78. The van der Waals surface area contributed by atoms with Gasteiger partial charge in [0.05, 0.1) is 0 Å². The molecule has 2 aliphatic heterocycles. The Labute approximate surface area is 264 Å². The van der Waals surface area contributed by atoms with Crippen LogP contribution in [0.5, 0.6) is 0 Å². The third kappa shape index (κ3) is 5.05. The standard InChI is InChI=1S/C39H36N2O2S/c1-37(2)42-34-35(43-37)39(32-24-14-6-15-25-32,33-26-16-7-17-27-33)41-36(44-28-29-18-8-3-9-19-29)40-38(34,30-20-10-4-11-21-30)31-22-12-5-13-23-31/h3-27,34-35H,28H2,1-2H3,(H,40,41)/t34-,35-/m1/s1. The molecule has 220 valence electrons. The molecule has 2 aliphatic rings. The van der Waals surface area contributed by atoms with E-state index in [4.69, 9.17) is 14.5 Å². The zero-order chi connectivity index (χ0) is 30.0. The minimum Gasteiger partial charge on any atom is -0.349 e. The second kappa shape index (κ2) is 11.7. The molecule has 5 heteroatoms. The maximum Gasteiger partial charge on any atom is 0.164 e. The van der Waals surface area contributed by atoms with Gasteiger partial charge in [-0.1, -0.05) is 163 Å². The van der Waals surface area contributed by atoms with E-state index < -0.39 is 29.1 Å². The number of ether oxygens (including phenoxy) is 2. The summed E-state index contributed by atoms with van der Waals surface area (Å²) in [7, 11) is 0. The van der Waals surface area contributed by atoms with Crippen molar-refractivity contribution in [1.82, 2.24) is 5.32 Å². The number of amidine groups is 1. The van der Waals surface area contributed by atoms with Gasteiger partial charge in [-0.3, -0.25) is 0 Å². The molecule has 0 aromatic heterocycles. The molecule has 2 atom stereocenters. The predicted molar refractivity (Wildman–Crippen MR) is 179 cm³/mol. The van der Waals surface area contributed by atoms with E-state index in [2.05, 4.69) is 157 Å². The van der Waals surface area contributed by atoms with Gasteiger partial charge in [-0.2, -0.15) is 0 Å². The first-order valence-electron chi connectivity index (χ1n) is 15.1. The Morgan fingerprint density at radius 2 is 0.977 bits per heavy atom. The molecular formula is C39H36N2O2S. The Kier molecular flexibility index (Phi) is 7.63. The summed E-state index contributed by atoms with van der Waals surface area (Å²) in [6, 6.07) is 52.9. The SMILES string of the molecule is CC1(C)O[C@@H]2[C@@H](O1)C(c1ccccc1)(c1ccccc1)NC(SCc1ccccc1)=NC2(c1ccccc1)c1ccccc1. The van der Waals surface area contributed by atoms with Gasteiger partial charge >= 0.3 is 0 Å². The molecule has 1 saturated heterocycles. The first-order valence-corrected chi connectivity index (χ1v) is 16.1. The van der Waals surface area contributed by atoms with E-state index in [0.717, 1.165) is 33.2 Å². The lowest BCUT2D eigenvalue weighted by Gasteiger charge is -2.43. The Bertz CT molecular complexity index is 1630. The van der Waals surface area contributed by atoms with Gasteiger partial charge in [-0.05, 0) is 41.7 Å². The van der Waals surface area contributed by atoms with Crippen molar-refractivity contribution in [1.29, 1.82) is 0 Å². The third-order valence-corrected chi connectivity index (χ3v) is 9.57. The van der Waals surface area contributed by atoms with Gasteiger partial charge in [0.2, 0.25) is 0 Å². The molecule has 0 saturated carbocycles. The largest absolute Gasteiger partial charge is 0.349 e. The molecule has 1 fully saturated rings. The summed E-state index contributed by atoms with van der Waals surface area (Å²) in [5, 5.41) is 4.87. The molecule has 4 nitrogen and oxygen atoms in total. The number of hydrogen-bond acceptors (Lipinski definition) is 5. The van der Waals surface area contributed by atoms with Crippen LogP contribution in [0.2, 0.25) is 0 Å². The highest BCUT2D eigenvalue weighted by molar-refractivity contribution is 8.13. The molecule has 7 rings (SSSR count). The van der Waals surface area contributed by atoms with E-state index in [1.807, 2.05) is 13.8 Å². The smallest absolute Gasteiger partial charge is 0.164 e. The Morgan fingerprint density at radius 3 is 1.45 bits per heavy atom. The maximum absolute atomic E-state index is 7.10. The van der Waals surface area contributed by atoms with Crippen molar-refractivity contribution >= 4 is 16.9 Å². The van der Waals surface area contributed by atoms with Crippen LogP contribution in [0.3, 0.4) is 0 Å². The zero-order valence-electron chi connectivity index (χ0n) is 25.0. The maximum atomic E-state index is 7.10. The first-order chi connectivity index (χ1) is 21.5. The van der Waals surface area contributed by atoms with Crippen molar-refractivity contribution in [2.45, 2.75) is 48.7 Å². The third-order valence-electron chi connectivity index (χ3n) is 8.62. The number of nitrogens with zero attached hydrogens (tertiary/aromatic N) is 1. The van der Waals surface area contributed by atoms with E-state index in [0.29, 0.717) is 0 Å². The molecule has 0 radical (unpaired) electrons. The minimum atomic E-state index is -0.904. The predicted octanol–water partition coefficient (Wildman–Crippen LogP) is 8.29. The molecule has 0 aliphatic carbocycles. The summed E-state index contributed by atoms with van der Waals surface area (Å²) in [5.74, 6) is -0.0978. The van der Waals surface area contributed by atoms with Crippen LogP contribution in [-0.4, -0.2) is 23.2 Å². The monoisotopic (exact) mass is 596 g/mol. The van der Waals surface area contributed by atoms with Crippen molar-refractivity contribution in [2.24, 2.45) is 4.99 Å². The van der Waals surface area contributed by atoms with Crippen LogP contribution >= 0.6 is 11.8 Å². The van der Waals surface area contributed by atoms with E-state index in [1.165, 1.54) is 5.56 Å². The highest BCUT2D eigenvalue weighted by Crippen LogP contribution is 2.54. The fourth-order valence-corrected chi connectivity index (χ4v) is 7.66. The lowest BCUT2D eigenvalue weighted by atomic mass is 9.69. The number of nitrogens with one attached hydrogen (secondary N) is 1. The fraction of sp³-hybridized carbons (Fsp3) is 0.205. The molecular weight excluding hydrogens is 561 g/mol. The van der Waals surface area contributed by atoms with Crippen LogP contribution in [0.4, 0.5) is 0 Å². The first kappa shape index (κ1) is 28.6. The Balaban J connectivity index is 1.54. The van der Waals surface area contributed by atoms with E-state index in [-0.39, 0.29) is 0 Å².